The van der Waals surface area contributed by atoms with Crippen LogP contribution in [0.2, 0.25) is 0 Å². The second-order valence-corrected chi connectivity index (χ2v) is 11.0. The molecule has 2 aromatic rings. The van der Waals surface area contributed by atoms with Gasteiger partial charge in [-0.2, -0.15) is 0 Å². The molecule has 2 aromatic carbocycles. The number of hydrogen-bond donors (Lipinski definition) is 1. The van der Waals surface area contributed by atoms with Crippen molar-refractivity contribution in [3.63, 3.8) is 0 Å². The lowest BCUT2D eigenvalue weighted by molar-refractivity contribution is -0.139. The molecule has 0 heterocycles. The van der Waals surface area contributed by atoms with Gasteiger partial charge in [0, 0.05) is 17.6 Å². The highest BCUT2D eigenvalue weighted by molar-refractivity contribution is 9.10. The van der Waals surface area contributed by atoms with Crippen molar-refractivity contribution in [3.8, 4) is 0 Å². The van der Waals surface area contributed by atoms with E-state index < -0.39 is 28.5 Å². The first-order valence-corrected chi connectivity index (χ1v) is 14.1. The van der Waals surface area contributed by atoms with E-state index in [-0.39, 0.29) is 12.5 Å². The Kier molecular flexibility index (Phi) is 10.6. The lowest BCUT2D eigenvalue weighted by Gasteiger charge is -2.32. The van der Waals surface area contributed by atoms with E-state index in [4.69, 9.17) is 0 Å². The Hall–Kier alpha value is -2.39. The molecule has 0 saturated heterocycles. The van der Waals surface area contributed by atoms with Crippen LogP contribution in [-0.4, -0.2) is 50.5 Å². The molecule has 1 atom stereocenters. The summed E-state index contributed by atoms with van der Waals surface area (Å²) < 4.78 is 27.4. The predicted molar refractivity (Wildman–Crippen MR) is 140 cm³/mol. The van der Waals surface area contributed by atoms with Crippen molar-refractivity contribution < 1.29 is 18.0 Å². The van der Waals surface area contributed by atoms with Crippen LogP contribution in [0.3, 0.4) is 0 Å². The molecule has 34 heavy (non-hydrogen) atoms. The van der Waals surface area contributed by atoms with Crippen molar-refractivity contribution in [2.75, 3.05) is 23.7 Å². The summed E-state index contributed by atoms with van der Waals surface area (Å²) in [6.45, 7) is 5.94. The molecule has 0 radical (unpaired) electrons. The number of unbranched alkanes of at least 4 members (excludes halogenated alkanes) is 1. The van der Waals surface area contributed by atoms with Crippen LogP contribution < -0.4 is 9.62 Å². The van der Waals surface area contributed by atoms with Gasteiger partial charge < -0.3 is 10.2 Å². The zero-order valence-corrected chi connectivity index (χ0v) is 22.7. The molecule has 0 saturated carbocycles. The number of halogens is 1. The fraction of sp³-hybridized carbons (Fsp3) is 0.440. The lowest BCUT2D eigenvalue weighted by Crippen LogP contribution is -2.51. The van der Waals surface area contributed by atoms with Crippen LogP contribution in [0.4, 0.5) is 5.69 Å². The fourth-order valence-corrected chi connectivity index (χ4v) is 4.93. The Morgan fingerprint density at radius 1 is 1.09 bits per heavy atom. The average molecular weight is 553 g/mol. The third kappa shape index (κ3) is 7.84. The standard InChI is InChI=1S/C25H34BrN3O4S/c1-5-7-15-27-25(31)19(3)28(17-20-11-10-13-22(26)16-20)24(30)18-29(34(4,32)33)23-14-9-8-12-21(23)6-2/h8-14,16,19H,5-7,15,17-18H2,1-4H3,(H,27,31). The van der Waals surface area contributed by atoms with Gasteiger partial charge in [0.2, 0.25) is 21.8 Å². The van der Waals surface area contributed by atoms with E-state index in [0.717, 1.165) is 39.0 Å². The molecule has 9 heteroatoms. The quantitative estimate of drug-likeness (QED) is 0.402. The molecule has 1 unspecified atom stereocenters. The largest absolute Gasteiger partial charge is 0.354 e. The number of benzene rings is 2. The fourth-order valence-electron chi connectivity index (χ4n) is 3.60. The first-order chi connectivity index (χ1) is 16.1. The van der Waals surface area contributed by atoms with Gasteiger partial charge in [-0.1, -0.05) is 66.5 Å². The van der Waals surface area contributed by atoms with Gasteiger partial charge in [0.15, 0.2) is 0 Å². The number of rotatable bonds is 12. The second kappa shape index (κ2) is 12.9. The maximum Gasteiger partial charge on any atom is 0.244 e. The Morgan fingerprint density at radius 3 is 2.41 bits per heavy atom. The van der Waals surface area contributed by atoms with E-state index in [9.17, 15) is 18.0 Å². The van der Waals surface area contributed by atoms with E-state index in [1.165, 1.54) is 4.90 Å². The zero-order valence-electron chi connectivity index (χ0n) is 20.3. The summed E-state index contributed by atoms with van der Waals surface area (Å²) in [6, 6.07) is 13.8. The van der Waals surface area contributed by atoms with Crippen LogP contribution in [0, 0.1) is 0 Å². The monoisotopic (exact) mass is 551 g/mol. The second-order valence-electron chi connectivity index (χ2n) is 8.22. The lowest BCUT2D eigenvalue weighted by atomic mass is 10.1. The van der Waals surface area contributed by atoms with Crippen molar-refractivity contribution in [2.24, 2.45) is 0 Å². The smallest absolute Gasteiger partial charge is 0.244 e. The Labute approximate surface area is 211 Å². The van der Waals surface area contributed by atoms with Crippen LogP contribution in [0.1, 0.15) is 44.7 Å². The van der Waals surface area contributed by atoms with Crippen molar-refractivity contribution in [3.05, 3.63) is 64.1 Å². The van der Waals surface area contributed by atoms with Gasteiger partial charge in [-0.15, -0.1) is 0 Å². The van der Waals surface area contributed by atoms with Crippen LogP contribution in [0.25, 0.3) is 0 Å². The van der Waals surface area contributed by atoms with Crippen molar-refractivity contribution in [2.45, 2.75) is 52.6 Å². The first kappa shape index (κ1) is 27.9. The van der Waals surface area contributed by atoms with Gasteiger partial charge in [-0.25, -0.2) is 8.42 Å². The normalized spacial score (nSPS) is 12.1. The van der Waals surface area contributed by atoms with Crippen molar-refractivity contribution >= 4 is 43.5 Å². The highest BCUT2D eigenvalue weighted by Crippen LogP contribution is 2.24. The van der Waals surface area contributed by atoms with Gasteiger partial charge in [-0.05, 0) is 49.1 Å². The van der Waals surface area contributed by atoms with Crippen molar-refractivity contribution in [1.29, 1.82) is 0 Å². The predicted octanol–water partition coefficient (Wildman–Crippen LogP) is 4.11. The molecular formula is C25H34BrN3O4S. The number of nitrogens with zero attached hydrogens (tertiary/aromatic N) is 2. The molecule has 1 N–H and O–H groups in total. The van der Waals surface area contributed by atoms with Gasteiger partial charge in [0.1, 0.15) is 12.6 Å². The molecule has 186 valence electrons. The Morgan fingerprint density at radius 2 is 1.79 bits per heavy atom. The molecule has 0 spiro atoms. The Balaban J connectivity index is 2.38. The summed E-state index contributed by atoms with van der Waals surface area (Å²) in [6.07, 6.45) is 3.49. The van der Waals surface area contributed by atoms with Crippen LogP contribution >= 0.6 is 15.9 Å². The maximum atomic E-state index is 13.6. The molecule has 7 nitrogen and oxygen atoms in total. The highest BCUT2D eigenvalue weighted by Gasteiger charge is 2.30. The molecule has 2 amide bonds. The number of sulfonamides is 1. The minimum Gasteiger partial charge on any atom is -0.354 e. The molecular weight excluding hydrogens is 518 g/mol. The van der Waals surface area contributed by atoms with Gasteiger partial charge in [-0.3, -0.25) is 13.9 Å². The van der Waals surface area contributed by atoms with Crippen LogP contribution in [0.15, 0.2) is 53.0 Å². The minimum absolute atomic E-state index is 0.174. The molecule has 0 aliphatic carbocycles. The number of carbonyl (C=O) groups excluding carboxylic acids is 2. The van der Waals surface area contributed by atoms with E-state index >= 15 is 0 Å². The number of hydrogen-bond acceptors (Lipinski definition) is 4. The average Bonchev–Trinajstić information content (AvgIpc) is 2.79. The zero-order chi connectivity index (χ0) is 25.3. The van der Waals surface area contributed by atoms with E-state index in [1.54, 1.807) is 19.1 Å². The number of carbonyl (C=O) groups is 2. The van der Waals surface area contributed by atoms with Crippen LogP contribution in [0.5, 0.6) is 0 Å². The van der Waals surface area contributed by atoms with Gasteiger partial charge in [0.05, 0.1) is 11.9 Å². The van der Waals surface area contributed by atoms with E-state index in [1.807, 2.05) is 50.2 Å². The number of para-hydroxylation sites is 1. The number of nitrogens with one attached hydrogen (secondary N) is 1. The molecule has 0 aliphatic rings. The van der Waals surface area contributed by atoms with Gasteiger partial charge >= 0.3 is 0 Å². The van der Waals surface area contributed by atoms with Gasteiger partial charge in [0.25, 0.3) is 0 Å². The molecule has 0 fully saturated rings. The maximum absolute atomic E-state index is 13.6. The number of aryl methyl sites for hydroxylation is 1. The first-order valence-electron chi connectivity index (χ1n) is 11.5. The van der Waals surface area contributed by atoms with E-state index in [0.29, 0.717) is 18.7 Å². The molecule has 0 aliphatic heterocycles. The SMILES string of the molecule is CCCCNC(=O)C(C)N(Cc1cccc(Br)c1)C(=O)CN(c1ccccc1CC)S(C)(=O)=O. The molecule has 0 bridgehead atoms. The number of amides is 2. The third-order valence-electron chi connectivity index (χ3n) is 5.56. The summed E-state index contributed by atoms with van der Waals surface area (Å²) in [5, 5.41) is 2.88. The topological polar surface area (TPSA) is 86.8 Å². The summed E-state index contributed by atoms with van der Waals surface area (Å²) in [5.41, 5.74) is 2.13. The van der Waals surface area contributed by atoms with E-state index in [2.05, 4.69) is 21.2 Å². The van der Waals surface area contributed by atoms with Crippen LogP contribution in [-0.2, 0) is 32.6 Å². The Bertz CT molecular complexity index is 1090. The highest BCUT2D eigenvalue weighted by atomic mass is 79.9. The summed E-state index contributed by atoms with van der Waals surface area (Å²) in [4.78, 5) is 27.8. The number of anilines is 1. The minimum atomic E-state index is -3.74. The van der Waals surface area contributed by atoms with Crippen molar-refractivity contribution in [1.82, 2.24) is 10.2 Å². The summed E-state index contributed by atoms with van der Waals surface area (Å²) >= 11 is 3.44. The summed E-state index contributed by atoms with van der Waals surface area (Å²) in [5.74, 6) is -0.717. The molecule has 0 aromatic heterocycles. The molecule has 2 rings (SSSR count). The third-order valence-corrected chi connectivity index (χ3v) is 7.18. The summed E-state index contributed by atoms with van der Waals surface area (Å²) in [7, 11) is -3.74.